The number of aromatic nitrogens is 1. The molecule has 0 unspecified atom stereocenters. The van der Waals surface area contributed by atoms with Gasteiger partial charge in [-0.1, -0.05) is 15.9 Å². The zero-order valence-electron chi connectivity index (χ0n) is 7.45. The Kier molecular flexibility index (Phi) is 4.28. The molecule has 0 radical (unpaired) electrons. The van der Waals surface area contributed by atoms with Gasteiger partial charge in [-0.25, -0.2) is 13.8 Å². The first kappa shape index (κ1) is 13.8. The minimum absolute atomic E-state index is 0.101. The summed E-state index contributed by atoms with van der Waals surface area (Å²) in [6, 6.07) is 0.743. The van der Waals surface area contributed by atoms with Crippen LogP contribution in [-0.4, -0.2) is 4.98 Å². The molecule has 0 atom stereocenters. The van der Waals surface area contributed by atoms with E-state index in [9.17, 15) is 22.0 Å². The van der Waals surface area contributed by atoms with E-state index in [1.165, 1.54) is 0 Å². The van der Waals surface area contributed by atoms with Gasteiger partial charge in [-0.15, -0.1) is 0 Å². The van der Waals surface area contributed by atoms with Crippen molar-refractivity contribution in [2.45, 2.75) is 17.9 Å². The largest absolute Gasteiger partial charge is 0.419 e. The van der Waals surface area contributed by atoms with Gasteiger partial charge in [-0.3, -0.25) is 0 Å². The molecular weight excluding hydrogens is 365 g/mol. The summed E-state index contributed by atoms with van der Waals surface area (Å²) in [7, 11) is 0. The number of nitrogens with zero attached hydrogens (tertiary/aromatic N) is 1. The van der Waals surface area contributed by atoms with Crippen LogP contribution in [0.4, 0.5) is 22.0 Å². The van der Waals surface area contributed by atoms with Crippen LogP contribution >= 0.6 is 31.9 Å². The summed E-state index contributed by atoms with van der Waals surface area (Å²) in [5.74, 6) is 0. The Balaban J connectivity index is 3.46. The number of alkyl halides is 6. The quantitative estimate of drug-likeness (QED) is 0.419. The van der Waals surface area contributed by atoms with Gasteiger partial charge in [0.1, 0.15) is 4.60 Å². The van der Waals surface area contributed by atoms with Crippen molar-refractivity contribution in [2.24, 2.45) is 0 Å². The predicted molar refractivity (Wildman–Crippen MR) is 54.5 cm³/mol. The van der Waals surface area contributed by atoms with Gasteiger partial charge in [-0.05, 0) is 22.0 Å². The van der Waals surface area contributed by atoms with Gasteiger partial charge in [0.05, 0.1) is 11.3 Å². The maximum atomic E-state index is 12.5. The highest BCUT2D eigenvalue weighted by molar-refractivity contribution is 9.10. The molecule has 8 heteroatoms. The molecule has 0 aliphatic carbocycles. The smallest absolute Gasteiger partial charge is 0.244 e. The fourth-order valence-electron chi connectivity index (χ4n) is 1.11. The van der Waals surface area contributed by atoms with E-state index >= 15 is 0 Å². The number of hydrogen-bond acceptors (Lipinski definition) is 1. The molecule has 1 rings (SSSR count). The van der Waals surface area contributed by atoms with Gasteiger partial charge in [0, 0.05) is 10.9 Å². The highest BCUT2D eigenvalue weighted by atomic mass is 79.9. The molecule has 0 amide bonds. The second-order valence-corrected chi connectivity index (χ2v) is 4.11. The lowest BCUT2D eigenvalue weighted by atomic mass is 10.1. The predicted octanol–water partition coefficient (Wildman–Crippen LogP) is 4.70. The molecule has 1 nitrogen and oxygen atoms in total. The van der Waals surface area contributed by atoms with E-state index < -0.39 is 28.3 Å². The lowest BCUT2D eigenvalue weighted by Gasteiger charge is -2.14. The van der Waals surface area contributed by atoms with E-state index in [0.717, 1.165) is 6.07 Å². The van der Waals surface area contributed by atoms with Gasteiger partial charge in [-0.2, -0.15) is 13.2 Å². The third kappa shape index (κ3) is 2.91. The van der Waals surface area contributed by atoms with Gasteiger partial charge in [0.2, 0.25) is 0 Å². The second kappa shape index (κ2) is 4.95. The maximum absolute atomic E-state index is 12.5. The zero-order chi connectivity index (χ0) is 12.5. The average Bonchev–Trinajstić information content (AvgIpc) is 2.14. The van der Waals surface area contributed by atoms with E-state index in [-0.39, 0.29) is 11.0 Å². The minimum atomic E-state index is -4.86. The molecule has 0 spiro atoms. The normalized spacial score (nSPS) is 12.2. The van der Waals surface area contributed by atoms with Crippen molar-refractivity contribution < 1.29 is 22.0 Å². The third-order valence-electron chi connectivity index (χ3n) is 1.71. The van der Waals surface area contributed by atoms with Crippen molar-refractivity contribution in [3.8, 4) is 0 Å². The minimum Gasteiger partial charge on any atom is -0.244 e. The molecule has 0 aliphatic heterocycles. The molecule has 1 heterocycles. The van der Waals surface area contributed by atoms with Crippen LogP contribution in [0.25, 0.3) is 0 Å². The molecule has 90 valence electrons. The molecule has 0 aromatic carbocycles. The van der Waals surface area contributed by atoms with Crippen LogP contribution in [0.1, 0.15) is 23.2 Å². The van der Waals surface area contributed by atoms with Crippen molar-refractivity contribution in [3.63, 3.8) is 0 Å². The lowest BCUT2D eigenvalue weighted by Crippen LogP contribution is -2.12. The van der Waals surface area contributed by atoms with Crippen molar-refractivity contribution in [1.82, 2.24) is 4.98 Å². The van der Waals surface area contributed by atoms with Crippen LogP contribution in [0.15, 0.2) is 10.7 Å². The Morgan fingerprint density at radius 1 is 1.31 bits per heavy atom. The first-order valence-corrected chi connectivity index (χ1v) is 5.79. The number of hydrogen-bond donors (Lipinski definition) is 0. The van der Waals surface area contributed by atoms with E-state index in [2.05, 4.69) is 36.8 Å². The van der Waals surface area contributed by atoms with Gasteiger partial charge in [0.15, 0.2) is 0 Å². The molecule has 0 bridgehead atoms. The summed E-state index contributed by atoms with van der Waals surface area (Å²) in [6.07, 6.45) is -8.06. The molecule has 16 heavy (non-hydrogen) atoms. The van der Waals surface area contributed by atoms with Gasteiger partial charge in [0.25, 0.3) is 6.43 Å². The lowest BCUT2D eigenvalue weighted by molar-refractivity contribution is -0.140. The van der Waals surface area contributed by atoms with Crippen molar-refractivity contribution in [3.05, 3.63) is 27.5 Å². The summed E-state index contributed by atoms with van der Waals surface area (Å²) in [5.41, 5.74) is -2.38. The molecule has 0 saturated heterocycles. The number of rotatable bonds is 2. The Morgan fingerprint density at radius 2 is 1.88 bits per heavy atom. The van der Waals surface area contributed by atoms with E-state index in [1.54, 1.807) is 0 Å². The van der Waals surface area contributed by atoms with Crippen molar-refractivity contribution in [1.29, 1.82) is 0 Å². The van der Waals surface area contributed by atoms with E-state index in [4.69, 9.17) is 0 Å². The summed E-state index contributed by atoms with van der Waals surface area (Å²) in [4.78, 5) is 3.52. The second-order valence-electron chi connectivity index (χ2n) is 2.80. The molecule has 0 N–H and O–H groups in total. The Labute approximate surface area is 104 Å². The van der Waals surface area contributed by atoms with E-state index in [0.29, 0.717) is 0 Å². The Bertz CT molecular complexity index is 391. The summed E-state index contributed by atoms with van der Waals surface area (Å²) in [5, 5.41) is 0.101. The highest BCUT2D eigenvalue weighted by Gasteiger charge is 2.39. The summed E-state index contributed by atoms with van der Waals surface area (Å²) in [6.45, 7) is 0. The molecule has 0 fully saturated rings. The first-order chi connectivity index (χ1) is 7.27. The van der Waals surface area contributed by atoms with Crippen LogP contribution in [0, 0.1) is 0 Å². The zero-order valence-corrected chi connectivity index (χ0v) is 10.6. The number of halogens is 7. The molecule has 0 aliphatic rings. The van der Waals surface area contributed by atoms with Crippen molar-refractivity contribution >= 4 is 31.9 Å². The number of pyridine rings is 1. The molecule has 0 saturated carbocycles. The summed E-state index contributed by atoms with van der Waals surface area (Å²) >= 11 is 5.50. The first-order valence-electron chi connectivity index (χ1n) is 3.88. The Hall–Kier alpha value is -0.240. The monoisotopic (exact) mass is 367 g/mol. The Morgan fingerprint density at radius 3 is 2.25 bits per heavy atom. The van der Waals surface area contributed by atoms with E-state index in [1.807, 2.05) is 0 Å². The summed E-state index contributed by atoms with van der Waals surface area (Å²) < 4.78 is 61.8. The maximum Gasteiger partial charge on any atom is 0.419 e. The SMILES string of the molecule is FC(F)c1cc(CBr)nc(Br)c1C(F)(F)F. The molecular formula is C8H4Br2F5N. The standard InChI is InChI=1S/C8H4Br2F5N/c9-2-3-1-4(7(11)12)5(6(10)16-3)8(13,14)15/h1,7H,2H2. The molecule has 1 aromatic rings. The van der Waals surface area contributed by atoms with Crippen LogP contribution in [0.5, 0.6) is 0 Å². The van der Waals surface area contributed by atoms with Crippen LogP contribution < -0.4 is 0 Å². The van der Waals surface area contributed by atoms with Crippen LogP contribution in [-0.2, 0) is 11.5 Å². The van der Waals surface area contributed by atoms with Gasteiger partial charge < -0.3 is 0 Å². The third-order valence-corrected chi connectivity index (χ3v) is 2.86. The van der Waals surface area contributed by atoms with Crippen LogP contribution in [0.3, 0.4) is 0 Å². The highest BCUT2D eigenvalue weighted by Crippen LogP contribution is 2.40. The fourth-order valence-corrected chi connectivity index (χ4v) is 2.07. The fraction of sp³-hybridized carbons (Fsp3) is 0.375. The molecule has 1 aromatic heterocycles. The van der Waals surface area contributed by atoms with Crippen LogP contribution in [0.2, 0.25) is 0 Å². The topological polar surface area (TPSA) is 12.9 Å². The van der Waals surface area contributed by atoms with Gasteiger partial charge >= 0.3 is 6.18 Å². The average molecular weight is 369 g/mol. The van der Waals surface area contributed by atoms with Crippen molar-refractivity contribution in [2.75, 3.05) is 0 Å².